The van der Waals surface area contributed by atoms with E-state index in [9.17, 15) is 9.59 Å². The van der Waals surface area contributed by atoms with Crippen LogP contribution in [0.2, 0.25) is 0 Å². The molecule has 0 bridgehead atoms. The normalized spacial score (nSPS) is 14.9. The smallest absolute Gasteiger partial charge is 0.253 e. The molecule has 0 radical (unpaired) electrons. The van der Waals surface area contributed by atoms with Crippen molar-refractivity contribution < 1.29 is 9.59 Å². The molecule has 1 N–H and O–H groups in total. The summed E-state index contributed by atoms with van der Waals surface area (Å²) in [5.74, 6) is -0.145. The van der Waals surface area contributed by atoms with E-state index >= 15 is 0 Å². The van der Waals surface area contributed by atoms with Gasteiger partial charge in [-0.25, -0.2) is 4.98 Å². The predicted molar refractivity (Wildman–Crippen MR) is 128 cm³/mol. The monoisotopic (exact) mass is 448 g/mol. The fraction of sp³-hybridized carbons (Fsp3) is 0.360. The number of anilines is 1. The van der Waals surface area contributed by atoms with E-state index in [1.165, 1.54) is 16.9 Å². The van der Waals surface area contributed by atoms with Gasteiger partial charge < -0.3 is 10.2 Å². The number of thiazole rings is 1. The molecular weight excluding hydrogens is 420 g/mol. The standard InChI is InChI=1S/C25H28N4O2S/c1-25(2,3)20-6-4-17(5-7-20)21-16-32-24(27-21)28-22(30)18-10-14-29(15-11-18)23(31)19-8-12-26-13-9-19/h4-9,12-13,16,18H,10-11,14-15H2,1-3H3,(H,27,28,30). The first-order valence-corrected chi connectivity index (χ1v) is 11.8. The fourth-order valence-corrected chi connectivity index (χ4v) is 4.56. The first kappa shape index (κ1) is 22.1. The van der Waals surface area contributed by atoms with Crippen LogP contribution in [0.3, 0.4) is 0 Å². The van der Waals surface area contributed by atoms with Gasteiger partial charge in [0.2, 0.25) is 5.91 Å². The van der Waals surface area contributed by atoms with Crippen molar-refractivity contribution in [3.05, 3.63) is 65.3 Å². The lowest BCUT2D eigenvalue weighted by Gasteiger charge is -2.31. The molecule has 4 rings (SSSR count). The molecule has 32 heavy (non-hydrogen) atoms. The van der Waals surface area contributed by atoms with Crippen molar-refractivity contribution in [1.29, 1.82) is 0 Å². The first-order valence-electron chi connectivity index (χ1n) is 10.9. The number of carbonyl (C=O) groups excluding carboxylic acids is 2. The third kappa shape index (κ3) is 5.05. The minimum absolute atomic E-state index is 0.00620. The molecule has 1 aliphatic rings. The Morgan fingerprint density at radius 3 is 2.31 bits per heavy atom. The number of aromatic nitrogens is 2. The SMILES string of the molecule is CC(C)(C)c1ccc(-c2csc(NC(=O)C3CCN(C(=O)c4ccncc4)CC3)n2)cc1. The summed E-state index contributed by atoms with van der Waals surface area (Å²) in [6.07, 6.45) is 4.54. The van der Waals surface area contributed by atoms with Gasteiger partial charge in [-0.05, 0) is 36.0 Å². The third-order valence-corrected chi connectivity index (χ3v) is 6.62. The van der Waals surface area contributed by atoms with Crippen molar-refractivity contribution in [1.82, 2.24) is 14.9 Å². The Balaban J connectivity index is 1.32. The van der Waals surface area contributed by atoms with Crippen LogP contribution < -0.4 is 5.32 Å². The second-order valence-electron chi connectivity index (χ2n) is 9.16. The van der Waals surface area contributed by atoms with Gasteiger partial charge in [0.1, 0.15) is 0 Å². The summed E-state index contributed by atoms with van der Waals surface area (Å²) in [5.41, 5.74) is 3.92. The lowest BCUT2D eigenvalue weighted by molar-refractivity contribution is -0.121. The molecule has 2 aromatic heterocycles. The van der Waals surface area contributed by atoms with Crippen LogP contribution in [0.25, 0.3) is 11.3 Å². The maximum atomic E-state index is 12.8. The highest BCUT2D eigenvalue weighted by molar-refractivity contribution is 7.14. The van der Waals surface area contributed by atoms with E-state index < -0.39 is 0 Å². The molecule has 1 saturated heterocycles. The Morgan fingerprint density at radius 1 is 1.03 bits per heavy atom. The second-order valence-corrected chi connectivity index (χ2v) is 10.0. The Kier molecular flexibility index (Phi) is 6.37. The summed E-state index contributed by atoms with van der Waals surface area (Å²) in [6, 6.07) is 11.9. The van der Waals surface area contributed by atoms with Crippen molar-refractivity contribution >= 4 is 28.3 Å². The Morgan fingerprint density at radius 2 is 1.69 bits per heavy atom. The van der Waals surface area contributed by atoms with E-state index in [1.54, 1.807) is 24.5 Å². The molecule has 7 heteroatoms. The van der Waals surface area contributed by atoms with Gasteiger partial charge in [0, 0.05) is 47.9 Å². The summed E-state index contributed by atoms with van der Waals surface area (Å²) in [5, 5.41) is 5.55. The van der Waals surface area contributed by atoms with Gasteiger partial charge in [0.15, 0.2) is 5.13 Å². The zero-order valence-corrected chi connectivity index (χ0v) is 19.5. The number of rotatable bonds is 4. The van der Waals surface area contributed by atoms with Crippen LogP contribution >= 0.6 is 11.3 Å². The number of nitrogens with zero attached hydrogens (tertiary/aromatic N) is 3. The molecule has 6 nitrogen and oxygen atoms in total. The van der Waals surface area contributed by atoms with Crippen molar-refractivity contribution in [3.8, 4) is 11.3 Å². The highest BCUT2D eigenvalue weighted by Gasteiger charge is 2.28. The average Bonchev–Trinajstić information content (AvgIpc) is 3.27. The zero-order valence-electron chi connectivity index (χ0n) is 18.7. The van der Waals surface area contributed by atoms with E-state index in [-0.39, 0.29) is 23.1 Å². The van der Waals surface area contributed by atoms with Crippen molar-refractivity contribution in [3.63, 3.8) is 0 Å². The molecule has 2 amide bonds. The average molecular weight is 449 g/mol. The predicted octanol–water partition coefficient (Wildman–Crippen LogP) is 4.99. The van der Waals surface area contributed by atoms with Crippen LogP contribution in [-0.4, -0.2) is 39.8 Å². The molecule has 3 heterocycles. The number of hydrogen-bond acceptors (Lipinski definition) is 5. The van der Waals surface area contributed by atoms with Crippen molar-refractivity contribution in [2.45, 2.75) is 39.0 Å². The fourth-order valence-electron chi connectivity index (χ4n) is 3.83. The number of benzene rings is 1. The van der Waals surface area contributed by atoms with Crippen molar-refractivity contribution in [2.75, 3.05) is 18.4 Å². The van der Waals surface area contributed by atoms with Gasteiger partial charge in [-0.15, -0.1) is 11.3 Å². The van der Waals surface area contributed by atoms with Crippen LogP contribution in [0.5, 0.6) is 0 Å². The number of likely N-dealkylation sites (tertiary alicyclic amines) is 1. The van der Waals surface area contributed by atoms with Gasteiger partial charge in [-0.3, -0.25) is 14.6 Å². The minimum atomic E-state index is -0.116. The van der Waals surface area contributed by atoms with E-state index in [4.69, 9.17) is 0 Å². The summed E-state index contributed by atoms with van der Waals surface area (Å²) >= 11 is 1.44. The van der Waals surface area contributed by atoms with Gasteiger partial charge >= 0.3 is 0 Å². The molecule has 1 fully saturated rings. The highest BCUT2D eigenvalue weighted by atomic mass is 32.1. The lowest BCUT2D eigenvalue weighted by atomic mass is 9.86. The number of pyridine rings is 1. The van der Waals surface area contributed by atoms with Gasteiger partial charge in [-0.1, -0.05) is 45.0 Å². The van der Waals surface area contributed by atoms with Crippen LogP contribution in [0.1, 0.15) is 49.5 Å². The van der Waals surface area contributed by atoms with Crippen LogP contribution in [0.15, 0.2) is 54.2 Å². The van der Waals surface area contributed by atoms with Crippen LogP contribution in [-0.2, 0) is 10.2 Å². The van der Waals surface area contributed by atoms with Gasteiger partial charge in [0.25, 0.3) is 5.91 Å². The Hall–Kier alpha value is -3.06. The highest BCUT2D eigenvalue weighted by Crippen LogP contribution is 2.29. The first-order chi connectivity index (χ1) is 15.3. The molecule has 0 aliphatic carbocycles. The van der Waals surface area contributed by atoms with Crippen LogP contribution in [0.4, 0.5) is 5.13 Å². The number of piperidine rings is 1. The zero-order chi connectivity index (χ0) is 22.7. The van der Waals surface area contributed by atoms with Gasteiger partial charge in [0.05, 0.1) is 5.69 Å². The molecule has 166 valence electrons. The summed E-state index contributed by atoms with van der Waals surface area (Å²) in [4.78, 5) is 35.7. The maximum absolute atomic E-state index is 12.8. The molecular formula is C25H28N4O2S. The number of amides is 2. The lowest BCUT2D eigenvalue weighted by Crippen LogP contribution is -2.41. The summed E-state index contributed by atoms with van der Waals surface area (Å²) in [7, 11) is 0. The third-order valence-electron chi connectivity index (χ3n) is 5.86. The quantitative estimate of drug-likeness (QED) is 0.610. The molecule has 1 aromatic carbocycles. The summed E-state index contributed by atoms with van der Waals surface area (Å²) < 4.78 is 0. The largest absolute Gasteiger partial charge is 0.339 e. The Labute approximate surface area is 192 Å². The second kappa shape index (κ2) is 9.20. The molecule has 1 aliphatic heterocycles. The van der Waals surface area contributed by atoms with Crippen LogP contribution in [0, 0.1) is 5.92 Å². The van der Waals surface area contributed by atoms with E-state index in [2.05, 4.69) is 60.3 Å². The summed E-state index contributed by atoms with van der Waals surface area (Å²) in [6.45, 7) is 7.72. The minimum Gasteiger partial charge on any atom is -0.339 e. The van der Waals surface area contributed by atoms with Crippen molar-refractivity contribution in [2.24, 2.45) is 5.92 Å². The molecule has 0 saturated carbocycles. The topological polar surface area (TPSA) is 75.2 Å². The van der Waals surface area contributed by atoms with E-state index in [0.29, 0.717) is 36.6 Å². The molecule has 0 unspecified atom stereocenters. The number of nitrogens with one attached hydrogen (secondary N) is 1. The van der Waals surface area contributed by atoms with Gasteiger partial charge in [-0.2, -0.15) is 0 Å². The number of carbonyl (C=O) groups is 2. The molecule has 3 aromatic rings. The number of hydrogen-bond donors (Lipinski definition) is 1. The molecule has 0 spiro atoms. The molecule has 0 atom stereocenters. The van der Waals surface area contributed by atoms with E-state index in [1.807, 2.05) is 10.3 Å². The maximum Gasteiger partial charge on any atom is 0.253 e. The Bertz CT molecular complexity index is 1080. The van der Waals surface area contributed by atoms with E-state index in [0.717, 1.165) is 11.3 Å².